The van der Waals surface area contributed by atoms with E-state index in [0.29, 0.717) is 21.6 Å². The van der Waals surface area contributed by atoms with Crippen molar-refractivity contribution < 1.29 is 9.90 Å². The fourth-order valence-electron chi connectivity index (χ4n) is 2.37. The van der Waals surface area contributed by atoms with Crippen LogP contribution in [0.15, 0.2) is 30.5 Å². The summed E-state index contributed by atoms with van der Waals surface area (Å²) in [5, 5.41) is 14.8. The second-order valence-corrected chi connectivity index (χ2v) is 5.26. The highest BCUT2D eigenvalue weighted by molar-refractivity contribution is 6.31. The number of benzene rings is 1. The lowest BCUT2D eigenvalue weighted by molar-refractivity contribution is 0.0699. The number of aryl methyl sites for hydroxylation is 2. The molecule has 0 bridgehead atoms. The molecule has 3 aromatic rings. The van der Waals surface area contributed by atoms with Gasteiger partial charge in [-0.15, -0.1) is 0 Å². The Bertz CT molecular complexity index is 871. The summed E-state index contributed by atoms with van der Waals surface area (Å²) in [5.74, 6) is -0.993. The summed E-state index contributed by atoms with van der Waals surface area (Å²) in [7, 11) is 1.81. The molecule has 6 heteroatoms. The van der Waals surface area contributed by atoms with Gasteiger partial charge in [0.25, 0.3) is 0 Å². The third-order valence-electron chi connectivity index (χ3n) is 3.29. The Morgan fingerprint density at radius 3 is 2.71 bits per heavy atom. The van der Waals surface area contributed by atoms with E-state index in [2.05, 4.69) is 10.1 Å². The molecule has 0 spiro atoms. The molecule has 2 aromatic heterocycles. The molecule has 0 atom stereocenters. The van der Waals surface area contributed by atoms with Crippen LogP contribution in [-0.2, 0) is 7.05 Å². The predicted octanol–water partition coefficient (Wildman–Crippen LogP) is 3.30. The Balaban J connectivity index is 2.34. The SMILES string of the molecule is Cc1nn(C)cc1-c1cc(C(=O)O)c2ccc(Cl)cc2n1. The van der Waals surface area contributed by atoms with Crippen LogP contribution in [0.4, 0.5) is 0 Å². The summed E-state index contributed by atoms with van der Waals surface area (Å²) in [5.41, 5.74) is 2.94. The molecule has 0 saturated heterocycles. The Morgan fingerprint density at radius 1 is 1.33 bits per heavy atom. The van der Waals surface area contributed by atoms with Crippen LogP contribution in [0.2, 0.25) is 5.02 Å². The van der Waals surface area contributed by atoms with Crippen molar-refractivity contribution >= 4 is 28.5 Å². The smallest absolute Gasteiger partial charge is 0.336 e. The van der Waals surface area contributed by atoms with Gasteiger partial charge in [0, 0.05) is 29.2 Å². The van der Waals surface area contributed by atoms with Gasteiger partial charge in [-0.05, 0) is 25.1 Å². The molecule has 0 amide bonds. The molecule has 0 aliphatic rings. The highest BCUT2D eigenvalue weighted by atomic mass is 35.5. The standard InChI is InChI=1S/C15H12ClN3O2/c1-8-12(7-19(2)18-8)14-6-11(15(20)21)10-4-3-9(16)5-13(10)17-14/h3-7H,1-2H3,(H,20,21). The average Bonchev–Trinajstić information content (AvgIpc) is 2.75. The van der Waals surface area contributed by atoms with Gasteiger partial charge in [0.05, 0.1) is 22.5 Å². The fraction of sp³-hybridized carbons (Fsp3) is 0.133. The molecular formula is C15H12ClN3O2. The minimum atomic E-state index is -0.993. The quantitative estimate of drug-likeness (QED) is 0.788. The lowest BCUT2D eigenvalue weighted by Crippen LogP contribution is -2.00. The van der Waals surface area contributed by atoms with Gasteiger partial charge in [-0.25, -0.2) is 9.78 Å². The van der Waals surface area contributed by atoms with Crippen LogP contribution in [0.5, 0.6) is 0 Å². The van der Waals surface area contributed by atoms with E-state index in [0.717, 1.165) is 11.3 Å². The molecule has 106 valence electrons. The second-order valence-electron chi connectivity index (χ2n) is 4.82. The van der Waals surface area contributed by atoms with Crippen LogP contribution >= 0.6 is 11.6 Å². The summed E-state index contributed by atoms with van der Waals surface area (Å²) in [6.45, 7) is 1.86. The van der Waals surface area contributed by atoms with Crippen molar-refractivity contribution in [2.75, 3.05) is 0 Å². The first-order chi connectivity index (χ1) is 9.95. The molecular weight excluding hydrogens is 290 g/mol. The van der Waals surface area contributed by atoms with Crippen molar-refractivity contribution in [1.82, 2.24) is 14.8 Å². The number of aromatic nitrogens is 3. The number of pyridine rings is 1. The number of rotatable bonds is 2. The molecule has 0 aliphatic heterocycles. The van der Waals surface area contributed by atoms with Crippen LogP contribution in [-0.4, -0.2) is 25.8 Å². The van der Waals surface area contributed by atoms with Gasteiger partial charge in [-0.1, -0.05) is 17.7 Å². The van der Waals surface area contributed by atoms with E-state index >= 15 is 0 Å². The highest BCUT2D eigenvalue weighted by Gasteiger charge is 2.15. The number of hydrogen-bond acceptors (Lipinski definition) is 3. The van der Waals surface area contributed by atoms with Crippen LogP contribution < -0.4 is 0 Å². The van der Waals surface area contributed by atoms with Gasteiger partial charge < -0.3 is 5.11 Å². The lowest BCUT2D eigenvalue weighted by atomic mass is 10.0. The third kappa shape index (κ3) is 2.36. The molecule has 0 unspecified atom stereocenters. The molecule has 0 aliphatic carbocycles. The van der Waals surface area contributed by atoms with E-state index in [4.69, 9.17) is 11.6 Å². The van der Waals surface area contributed by atoms with E-state index in [9.17, 15) is 9.90 Å². The largest absolute Gasteiger partial charge is 0.478 e. The second kappa shape index (κ2) is 4.86. The Kier molecular flexibility index (Phi) is 3.14. The number of hydrogen-bond donors (Lipinski definition) is 1. The maximum Gasteiger partial charge on any atom is 0.336 e. The van der Waals surface area contributed by atoms with E-state index in [1.54, 1.807) is 28.9 Å². The number of halogens is 1. The summed E-state index contributed by atoms with van der Waals surface area (Å²) in [6, 6.07) is 6.57. The molecule has 2 heterocycles. The van der Waals surface area contributed by atoms with Gasteiger partial charge in [0.1, 0.15) is 0 Å². The maximum atomic E-state index is 11.5. The van der Waals surface area contributed by atoms with Gasteiger partial charge in [0.2, 0.25) is 0 Å². The summed E-state index contributed by atoms with van der Waals surface area (Å²) in [4.78, 5) is 16.0. The van der Waals surface area contributed by atoms with Crippen molar-refractivity contribution in [2.24, 2.45) is 7.05 Å². The number of carbonyl (C=O) groups is 1. The Labute approximate surface area is 125 Å². The number of nitrogens with zero attached hydrogens (tertiary/aromatic N) is 3. The van der Waals surface area contributed by atoms with E-state index in [1.165, 1.54) is 0 Å². The van der Waals surface area contributed by atoms with Crippen molar-refractivity contribution in [3.8, 4) is 11.3 Å². The lowest BCUT2D eigenvalue weighted by Gasteiger charge is -2.06. The summed E-state index contributed by atoms with van der Waals surface area (Å²) < 4.78 is 1.68. The molecule has 1 N–H and O–H groups in total. The average molecular weight is 302 g/mol. The minimum Gasteiger partial charge on any atom is -0.478 e. The first-order valence-corrected chi connectivity index (χ1v) is 6.67. The zero-order valence-electron chi connectivity index (χ0n) is 11.5. The van der Waals surface area contributed by atoms with Gasteiger partial charge in [-0.3, -0.25) is 4.68 Å². The maximum absolute atomic E-state index is 11.5. The van der Waals surface area contributed by atoms with Crippen LogP contribution in [0.3, 0.4) is 0 Å². The fourth-order valence-corrected chi connectivity index (χ4v) is 2.53. The Morgan fingerprint density at radius 2 is 2.10 bits per heavy atom. The third-order valence-corrected chi connectivity index (χ3v) is 3.53. The summed E-state index contributed by atoms with van der Waals surface area (Å²) in [6.07, 6.45) is 1.82. The summed E-state index contributed by atoms with van der Waals surface area (Å²) >= 11 is 5.98. The molecule has 1 aromatic carbocycles. The monoisotopic (exact) mass is 301 g/mol. The van der Waals surface area contributed by atoms with Crippen LogP contribution in [0.25, 0.3) is 22.2 Å². The zero-order chi connectivity index (χ0) is 15.1. The number of carboxylic acids is 1. The van der Waals surface area contributed by atoms with Crippen molar-refractivity contribution in [3.05, 3.63) is 46.7 Å². The minimum absolute atomic E-state index is 0.204. The topological polar surface area (TPSA) is 68.0 Å². The van der Waals surface area contributed by atoms with Gasteiger partial charge >= 0.3 is 5.97 Å². The molecule has 5 nitrogen and oxygen atoms in total. The normalized spacial score (nSPS) is 11.0. The van der Waals surface area contributed by atoms with Crippen molar-refractivity contribution in [3.63, 3.8) is 0 Å². The van der Waals surface area contributed by atoms with Gasteiger partial charge in [0.15, 0.2) is 0 Å². The zero-order valence-corrected chi connectivity index (χ0v) is 12.2. The van der Waals surface area contributed by atoms with E-state index in [-0.39, 0.29) is 5.56 Å². The van der Waals surface area contributed by atoms with Crippen LogP contribution in [0.1, 0.15) is 16.1 Å². The van der Waals surface area contributed by atoms with Crippen molar-refractivity contribution in [1.29, 1.82) is 0 Å². The molecule has 21 heavy (non-hydrogen) atoms. The van der Waals surface area contributed by atoms with Crippen LogP contribution in [0, 0.1) is 6.92 Å². The van der Waals surface area contributed by atoms with Gasteiger partial charge in [-0.2, -0.15) is 5.10 Å². The number of fused-ring (bicyclic) bond motifs is 1. The highest BCUT2D eigenvalue weighted by Crippen LogP contribution is 2.28. The van der Waals surface area contributed by atoms with E-state index < -0.39 is 5.97 Å². The molecule has 0 radical (unpaired) electrons. The number of aromatic carboxylic acids is 1. The first-order valence-electron chi connectivity index (χ1n) is 6.30. The van der Waals surface area contributed by atoms with E-state index in [1.807, 2.05) is 20.2 Å². The predicted molar refractivity (Wildman–Crippen MR) is 80.7 cm³/mol. The first kappa shape index (κ1) is 13.6. The molecule has 0 fully saturated rings. The number of carboxylic acid groups (broad SMARTS) is 1. The Hall–Kier alpha value is -2.40. The van der Waals surface area contributed by atoms with Crippen molar-refractivity contribution in [2.45, 2.75) is 6.92 Å². The molecule has 0 saturated carbocycles. The molecule has 3 rings (SSSR count).